The Morgan fingerprint density at radius 2 is 1.90 bits per heavy atom. The van der Waals surface area contributed by atoms with Crippen LogP contribution in [0.2, 0.25) is 0 Å². The van der Waals surface area contributed by atoms with E-state index in [1.165, 1.54) is 12.1 Å². The zero-order valence-electron chi connectivity index (χ0n) is 16.8. The standard InChI is InChI=1S/C21H25FN6O.HI/c1-23-20(24-14-19-27-26-18-4-2-3-11-28(18)19)25-15-21(9-12-29-13-10-21)16-5-7-17(22)8-6-16;/h2-8,11H,9-10,12-15H2,1H3,(H2,23,24,25);1H. The van der Waals surface area contributed by atoms with Crippen LogP contribution in [0.4, 0.5) is 4.39 Å². The molecule has 1 saturated heterocycles. The van der Waals surface area contributed by atoms with Gasteiger partial charge >= 0.3 is 0 Å². The van der Waals surface area contributed by atoms with Crippen molar-refractivity contribution < 1.29 is 9.13 Å². The van der Waals surface area contributed by atoms with Gasteiger partial charge in [-0.15, -0.1) is 34.2 Å². The highest BCUT2D eigenvalue weighted by Crippen LogP contribution is 2.34. The Morgan fingerprint density at radius 1 is 1.13 bits per heavy atom. The van der Waals surface area contributed by atoms with E-state index < -0.39 is 0 Å². The monoisotopic (exact) mass is 524 g/mol. The first-order chi connectivity index (χ1) is 14.2. The molecule has 1 aromatic carbocycles. The Balaban J connectivity index is 0.00000256. The second-order valence-electron chi connectivity index (χ2n) is 7.22. The number of halogens is 2. The number of pyridine rings is 1. The third-order valence-electron chi connectivity index (χ3n) is 5.52. The highest BCUT2D eigenvalue weighted by molar-refractivity contribution is 14.0. The minimum Gasteiger partial charge on any atom is -0.381 e. The highest BCUT2D eigenvalue weighted by atomic mass is 127. The van der Waals surface area contributed by atoms with Gasteiger partial charge in [-0.3, -0.25) is 9.39 Å². The van der Waals surface area contributed by atoms with E-state index in [2.05, 4.69) is 25.8 Å². The summed E-state index contributed by atoms with van der Waals surface area (Å²) >= 11 is 0. The molecule has 4 rings (SSSR count). The van der Waals surface area contributed by atoms with Crippen molar-refractivity contribution in [3.63, 3.8) is 0 Å². The second-order valence-corrected chi connectivity index (χ2v) is 7.22. The van der Waals surface area contributed by atoms with E-state index in [9.17, 15) is 4.39 Å². The molecular weight excluding hydrogens is 498 g/mol. The van der Waals surface area contributed by atoms with Crippen molar-refractivity contribution in [2.24, 2.45) is 4.99 Å². The van der Waals surface area contributed by atoms with Gasteiger partial charge in [-0.1, -0.05) is 18.2 Å². The van der Waals surface area contributed by atoms with Gasteiger partial charge in [-0.2, -0.15) is 0 Å². The molecule has 0 spiro atoms. The molecule has 0 bridgehead atoms. The Morgan fingerprint density at radius 3 is 2.63 bits per heavy atom. The van der Waals surface area contributed by atoms with Gasteiger partial charge in [0, 0.05) is 38.4 Å². The third-order valence-corrected chi connectivity index (χ3v) is 5.52. The van der Waals surface area contributed by atoms with Crippen molar-refractivity contribution in [1.82, 2.24) is 25.2 Å². The number of hydrogen-bond donors (Lipinski definition) is 2. The largest absolute Gasteiger partial charge is 0.381 e. The Kier molecular flexibility index (Phi) is 7.59. The van der Waals surface area contributed by atoms with Crippen LogP contribution in [0.1, 0.15) is 24.2 Å². The molecule has 2 aromatic heterocycles. The van der Waals surface area contributed by atoms with E-state index in [1.54, 1.807) is 7.05 Å². The van der Waals surface area contributed by atoms with E-state index in [1.807, 2.05) is 40.9 Å². The molecule has 3 aromatic rings. The topological polar surface area (TPSA) is 75.8 Å². The summed E-state index contributed by atoms with van der Waals surface area (Å²) in [6.45, 7) is 2.56. The van der Waals surface area contributed by atoms with E-state index in [4.69, 9.17) is 4.74 Å². The summed E-state index contributed by atoms with van der Waals surface area (Å²) in [6, 6.07) is 12.6. The Labute approximate surface area is 192 Å². The number of hydrogen-bond acceptors (Lipinski definition) is 4. The molecule has 30 heavy (non-hydrogen) atoms. The Bertz CT molecular complexity index is 985. The number of guanidine groups is 1. The fourth-order valence-corrected chi connectivity index (χ4v) is 3.78. The first-order valence-electron chi connectivity index (χ1n) is 9.77. The van der Waals surface area contributed by atoms with Crippen LogP contribution in [-0.2, 0) is 16.7 Å². The molecule has 9 heteroatoms. The van der Waals surface area contributed by atoms with Crippen LogP contribution in [0.5, 0.6) is 0 Å². The van der Waals surface area contributed by atoms with Gasteiger partial charge in [0.15, 0.2) is 17.4 Å². The fraction of sp³-hybridized carbons (Fsp3) is 0.381. The Hall–Kier alpha value is -2.27. The molecule has 0 aliphatic carbocycles. The van der Waals surface area contributed by atoms with Crippen LogP contribution in [0.3, 0.4) is 0 Å². The molecule has 1 fully saturated rings. The quantitative estimate of drug-likeness (QED) is 0.305. The first kappa shape index (κ1) is 22.4. The fourth-order valence-electron chi connectivity index (χ4n) is 3.78. The van der Waals surface area contributed by atoms with E-state index in [0.29, 0.717) is 32.3 Å². The number of aromatic nitrogens is 3. The van der Waals surface area contributed by atoms with Crippen LogP contribution < -0.4 is 10.6 Å². The number of nitrogens with one attached hydrogen (secondary N) is 2. The predicted molar refractivity (Wildman–Crippen MR) is 125 cm³/mol. The van der Waals surface area contributed by atoms with Gasteiger partial charge in [-0.25, -0.2) is 4.39 Å². The van der Waals surface area contributed by atoms with Crippen molar-refractivity contribution >= 4 is 35.6 Å². The maximum Gasteiger partial charge on any atom is 0.191 e. The normalized spacial score (nSPS) is 16.1. The molecular formula is C21H26FIN6O. The van der Waals surface area contributed by atoms with Gasteiger partial charge in [0.25, 0.3) is 0 Å². The summed E-state index contributed by atoms with van der Waals surface area (Å²) in [5.74, 6) is 1.27. The average molecular weight is 524 g/mol. The maximum atomic E-state index is 13.4. The zero-order chi connectivity index (χ0) is 20.1. The van der Waals surface area contributed by atoms with Crippen LogP contribution in [0.15, 0.2) is 53.7 Å². The lowest BCUT2D eigenvalue weighted by Gasteiger charge is -2.38. The number of fused-ring (bicyclic) bond motifs is 1. The second kappa shape index (κ2) is 10.2. The first-order valence-corrected chi connectivity index (χ1v) is 9.77. The predicted octanol–water partition coefficient (Wildman–Crippen LogP) is 2.90. The molecule has 0 saturated carbocycles. The molecule has 160 valence electrons. The summed E-state index contributed by atoms with van der Waals surface area (Å²) in [5.41, 5.74) is 1.81. The number of nitrogens with zero attached hydrogens (tertiary/aromatic N) is 4. The lowest BCUT2D eigenvalue weighted by Crippen LogP contribution is -2.48. The number of ether oxygens (including phenoxy) is 1. The average Bonchev–Trinajstić information content (AvgIpc) is 3.18. The smallest absolute Gasteiger partial charge is 0.191 e. The molecule has 0 atom stereocenters. The molecule has 7 nitrogen and oxygen atoms in total. The number of benzene rings is 1. The molecule has 0 unspecified atom stereocenters. The van der Waals surface area contributed by atoms with Gasteiger partial charge < -0.3 is 15.4 Å². The SMILES string of the molecule is CN=C(NCc1nnc2ccccn12)NCC1(c2ccc(F)cc2)CCOCC1.I. The van der Waals surface area contributed by atoms with Crippen molar-refractivity contribution in [2.75, 3.05) is 26.8 Å². The summed E-state index contributed by atoms with van der Waals surface area (Å²) in [5, 5.41) is 15.1. The van der Waals surface area contributed by atoms with E-state index in [0.717, 1.165) is 29.9 Å². The van der Waals surface area contributed by atoms with Crippen molar-refractivity contribution in [3.05, 3.63) is 65.9 Å². The summed E-state index contributed by atoms with van der Waals surface area (Å²) in [7, 11) is 1.74. The van der Waals surface area contributed by atoms with Crippen LogP contribution >= 0.6 is 24.0 Å². The van der Waals surface area contributed by atoms with E-state index >= 15 is 0 Å². The maximum absolute atomic E-state index is 13.4. The van der Waals surface area contributed by atoms with Gasteiger partial charge in [0.2, 0.25) is 0 Å². The third kappa shape index (κ3) is 4.89. The molecule has 1 aliphatic heterocycles. The molecule has 3 heterocycles. The van der Waals surface area contributed by atoms with Crippen LogP contribution in [0.25, 0.3) is 5.65 Å². The van der Waals surface area contributed by atoms with Gasteiger partial charge in [0.05, 0.1) is 6.54 Å². The van der Waals surface area contributed by atoms with Crippen LogP contribution in [0, 0.1) is 5.82 Å². The summed E-state index contributed by atoms with van der Waals surface area (Å²) < 4.78 is 20.9. The molecule has 0 radical (unpaired) electrons. The molecule has 0 amide bonds. The highest BCUT2D eigenvalue weighted by Gasteiger charge is 2.34. The summed E-state index contributed by atoms with van der Waals surface area (Å²) in [6.07, 6.45) is 3.68. The minimum absolute atomic E-state index is 0. The number of rotatable bonds is 5. The number of aliphatic imine (C=N–C) groups is 1. The van der Waals surface area contributed by atoms with Crippen molar-refractivity contribution in [2.45, 2.75) is 24.8 Å². The summed E-state index contributed by atoms with van der Waals surface area (Å²) in [4.78, 5) is 4.34. The van der Waals surface area contributed by atoms with Gasteiger partial charge in [0.1, 0.15) is 5.82 Å². The molecule has 1 aliphatic rings. The van der Waals surface area contributed by atoms with Gasteiger partial charge in [-0.05, 0) is 42.7 Å². The molecule has 2 N–H and O–H groups in total. The lowest BCUT2D eigenvalue weighted by molar-refractivity contribution is 0.0513. The minimum atomic E-state index is -0.220. The van der Waals surface area contributed by atoms with Crippen molar-refractivity contribution in [1.29, 1.82) is 0 Å². The zero-order valence-corrected chi connectivity index (χ0v) is 19.2. The van der Waals surface area contributed by atoms with E-state index in [-0.39, 0.29) is 35.2 Å². The lowest BCUT2D eigenvalue weighted by atomic mass is 9.74. The van der Waals surface area contributed by atoms with Crippen LogP contribution in [-0.4, -0.2) is 47.4 Å². The van der Waals surface area contributed by atoms with Crippen molar-refractivity contribution in [3.8, 4) is 0 Å².